The van der Waals surface area contributed by atoms with Crippen molar-refractivity contribution in [1.82, 2.24) is 0 Å². The van der Waals surface area contributed by atoms with Crippen molar-refractivity contribution in [2.24, 2.45) is 0 Å². The molecule has 0 aliphatic heterocycles. The van der Waals surface area contributed by atoms with Crippen LogP contribution in [0.25, 0.3) is 0 Å². The Labute approximate surface area is 144 Å². The van der Waals surface area contributed by atoms with Crippen LogP contribution in [-0.2, 0) is 4.57 Å². The molecule has 0 bridgehead atoms. The van der Waals surface area contributed by atoms with Crippen LogP contribution in [0, 0.1) is 0 Å². The first kappa shape index (κ1) is 23.3. The Morgan fingerprint density at radius 3 is 1.56 bits per heavy atom. The molecule has 86 valence electrons. The predicted molar refractivity (Wildman–Crippen MR) is 55.1 cm³/mol. The minimum atomic E-state index is -4.23. The molecule has 0 amide bonds. The van der Waals surface area contributed by atoms with Crippen molar-refractivity contribution in [3.05, 3.63) is 0 Å². The normalized spacial score (nSPS) is 10.4. The molecule has 0 aromatic heterocycles. The fourth-order valence-electron chi connectivity index (χ4n) is 1.44. The molecule has 0 aromatic rings. The third-order valence-electron chi connectivity index (χ3n) is 2.29. The summed E-state index contributed by atoms with van der Waals surface area (Å²) < 4.78 is 10.3. The van der Waals surface area contributed by atoms with Gasteiger partial charge in [0, 0.05) is 0 Å². The zero-order valence-corrected chi connectivity index (χ0v) is 15.9. The smallest absolute Gasteiger partial charge is 0.811 e. The summed E-state index contributed by atoms with van der Waals surface area (Å²) in [5, 5.41) is 0. The van der Waals surface area contributed by atoms with Crippen molar-refractivity contribution >= 4 is 7.60 Å². The average Bonchev–Trinajstić information content (AvgIpc) is 2.08. The topological polar surface area (TPSA) is 63.2 Å². The van der Waals surface area contributed by atoms with E-state index < -0.39 is 7.60 Å². The second-order valence-corrected chi connectivity index (χ2v) is 5.48. The van der Waals surface area contributed by atoms with E-state index in [9.17, 15) is 14.4 Å². The summed E-state index contributed by atoms with van der Waals surface area (Å²) in [5.41, 5.74) is 0. The van der Waals surface area contributed by atoms with Gasteiger partial charge in [-0.2, -0.15) is 0 Å². The summed E-state index contributed by atoms with van der Waals surface area (Å²) in [4.78, 5) is 20.6. The van der Waals surface area contributed by atoms with Gasteiger partial charge in [0.15, 0.2) is 0 Å². The van der Waals surface area contributed by atoms with E-state index in [1.165, 1.54) is 32.1 Å². The van der Waals surface area contributed by atoms with E-state index in [0.717, 1.165) is 12.8 Å². The van der Waals surface area contributed by atoms with Crippen LogP contribution < -0.4 is 68.9 Å². The van der Waals surface area contributed by atoms with E-state index in [1.54, 1.807) is 0 Å². The van der Waals surface area contributed by atoms with E-state index in [2.05, 4.69) is 6.92 Å². The SMILES string of the molecule is CCCCCCCCCCP(=O)([O-])[O-].[Na+].[Na+]. The van der Waals surface area contributed by atoms with Crippen molar-refractivity contribution in [3.8, 4) is 0 Å². The van der Waals surface area contributed by atoms with Crippen molar-refractivity contribution in [2.75, 3.05) is 6.16 Å². The zero-order chi connectivity index (χ0) is 10.9. The second kappa shape index (κ2) is 15.2. The second-order valence-electron chi connectivity index (χ2n) is 3.81. The fourth-order valence-corrected chi connectivity index (χ4v) is 2.05. The number of hydrogen-bond acceptors (Lipinski definition) is 3. The molecule has 0 radical (unpaired) electrons. The molecule has 0 unspecified atom stereocenters. The van der Waals surface area contributed by atoms with Crippen LogP contribution in [0.4, 0.5) is 0 Å². The van der Waals surface area contributed by atoms with Gasteiger partial charge in [-0.25, -0.2) is 0 Å². The van der Waals surface area contributed by atoms with E-state index in [0.29, 0.717) is 6.42 Å². The van der Waals surface area contributed by atoms with E-state index in [1.807, 2.05) is 0 Å². The van der Waals surface area contributed by atoms with E-state index in [4.69, 9.17) is 0 Å². The Kier molecular flexibility index (Phi) is 22.1. The molecule has 0 saturated carbocycles. The fraction of sp³-hybridized carbons (Fsp3) is 1.00. The minimum Gasteiger partial charge on any atom is -0.811 e. The molecule has 0 aromatic carbocycles. The van der Waals surface area contributed by atoms with E-state index in [-0.39, 0.29) is 65.3 Å². The van der Waals surface area contributed by atoms with Crippen molar-refractivity contribution in [2.45, 2.75) is 58.3 Å². The van der Waals surface area contributed by atoms with E-state index >= 15 is 0 Å². The quantitative estimate of drug-likeness (QED) is 0.243. The third kappa shape index (κ3) is 21.4. The summed E-state index contributed by atoms with van der Waals surface area (Å²) >= 11 is 0. The first-order valence-electron chi connectivity index (χ1n) is 5.57. The van der Waals surface area contributed by atoms with Gasteiger partial charge in [0.2, 0.25) is 0 Å². The maximum atomic E-state index is 10.3. The number of rotatable bonds is 9. The van der Waals surface area contributed by atoms with Crippen LogP contribution in [0.3, 0.4) is 0 Å². The van der Waals surface area contributed by atoms with Crippen LogP contribution in [0.5, 0.6) is 0 Å². The Morgan fingerprint density at radius 1 is 0.812 bits per heavy atom. The molecule has 0 atom stereocenters. The molecular weight excluding hydrogens is 245 g/mol. The van der Waals surface area contributed by atoms with Crippen LogP contribution in [-0.4, -0.2) is 6.16 Å². The Morgan fingerprint density at radius 2 is 1.19 bits per heavy atom. The van der Waals surface area contributed by atoms with Crippen LogP contribution in [0.1, 0.15) is 58.3 Å². The molecular formula is C10H21Na2O3P. The summed E-state index contributed by atoms with van der Waals surface area (Å²) in [6.45, 7) is 2.18. The first-order valence-corrected chi connectivity index (χ1v) is 7.30. The molecule has 0 fully saturated rings. The van der Waals surface area contributed by atoms with Crippen LogP contribution >= 0.6 is 7.60 Å². The number of hydrogen-bond donors (Lipinski definition) is 0. The van der Waals surface area contributed by atoms with Gasteiger partial charge in [-0.3, -0.25) is 0 Å². The molecule has 0 N–H and O–H groups in total. The van der Waals surface area contributed by atoms with Crippen molar-refractivity contribution in [1.29, 1.82) is 0 Å². The Hall–Kier alpha value is 2.15. The first-order chi connectivity index (χ1) is 6.56. The molecule has 0 saturated heterocycles. The van der Waals surface area contributed by atoms with Gasteiger partial charge in [0.1, 0.15) is 0 Å². The largest absolute Gasteiger partial charge is 1.00 e. The van der Waals surface area contributed by atoms with Gasteiger partial charge in [-0.05, 0) is 12.6 Å². The van der Waals surface area contributed by atoms with Gasteiger partial charge in [0.05, 0.1) is 0 Å². The van der Waals surface area contributed by atoms with Crippen molar-refractivity contribution < 1.29 is 73.5 Å². The standard InChI is InChI=1S/C10H23O3P.2Na/c1-2-3-4-5-6-7-8-9-10-14(11,12)13;;/h2-10H2,1H3,(H2,11,12,13);;/q;2*+1/p-2. The van der Waals surface area contributed by atoms with Gasteiger partial charge in [0.25, 0.3) is 0 Å². The summed E-state index contributed by atoms with van der Waals surface area (Å²) in [5.74, 6) is 0. The van der Waals surface area contributed by atoms with Crippen molar-refractivity contribution in [3.63, 3.8) is 0 Å². The van der Waals surface area contributed by atoms with Gasteiger partial charge < -0.3 is 14.4 Å². The molecule has 16 heavy (non-hydrogen) atoms. The molecule has 0 rings (SSSR count). The zero-order valence-electron chi connectivity index (χ0n) is 11.0. The summed E-state index contributed by atoms with van der Waals surface area (Å²) in [6.07, 6.45) is 8.52. The van der Waals surface area contributed by atoms with Gasteiger partial charge in [-0.1, -0.05) is 59.5 Å². The number of unbranched alkanes of at least 4 members (excludes halogenated alkanes) is 7. The predicted octanol–water partition coefficient (Wildman–Crippen LogP) is -3.95. The van der Waals surface area contributed by atoms with Gasteiger partial charge in [-0.15, -0.1) is 0 Å². The minimum absolute atomic E-state index is 0. The molecule has 0 spiro atoms. The monoisotopic (exact) mass is 266 g/mol. The van der Waals surface area contributed by atoms with Gasteiger partial charge >= 0.3 is 59.1 Å². The summed E-state index contributed by atoms with van der Waals surface area (Å²) in [7, 11) is -4.23. The van der Waals surface area contributed by atoms with Crippen LogP contribution in [0.15, 0.2) is 0 Å². The molecule has 0 aliphatic carbocycles. The average molecular weight is 266 g/mol. The third-order valence-corrected chi connectivity index (χ3v) is 3.15. The molecule has 0 heterocycles. The summed E-state index contributed by atoms with van der Waals surface area (Å²) in [6, 6.07) is 0. The maximum Gasteiger partial charge on any atom is 1.00 e. The Bertz CT molecular complexity index is 173. The molecule has 6 heteroatoms. The molecule has 0 aliphatic rings. The molecule has 3 nitrogen and oxygen atoms in total. The maximum absolute atomic E-state index is 10.3. The Balaban J connectivity index is -0.000000845. The van der Waals surface area contributed by atoms with Crippen LogP contribution in [0.2, 0.25) is 0 Å².